The minimum absolute atomic E-state index is 0.558. The number of fused-ring (bicyclic) bond motifs is 1. The summed E-state index contributed by atoms with van der Waals surface area (Å²) >= 11 is 1.41. The Bertz CT molecular complexity index is 759. The lowest BCUT2D eigenvalue weighted by molar-refractivity contribution is 0.340. The van der Waals surface area contributed by atoms with Gasteiger partial charge in [-0.2, -0.15) is 0 Å². The number of aromatic amines is 1. The number of hydrogen-bond acceptors (Lipinski definition) is 7. The van der Waals surface area contributed by atoms with E-state index in [-0.39, 0.29) is 0 Å². The molecule has 0 aliphatic heterocycles. The summed E-state index contributed by atoms with van der Waals surface area (Å²) in [6, 6.07) is 7.52. The molecule has 2 heterocycles. The molecule has 0 aliphatic rings. The molecule has 0 spiro atoms. The smallest absolute Gasteiger partial charge is 0.172 e. The number of nitrogens with zero attached hydrogens (tertiary/aromatic N) is 3. The van der Waals surface area contributed by atoms with Crippen LogP contribution in [0.5, 0.6) is 5.75 Å². The van der Waals surface area contributed by atoms with Crippen LogP contribution in [0.25, 0.3) is 11.0 Å². The first-order valence-electron chi connectivity index (χ1n) is 6.37. The molecule has 108 valence electrons. The summed E-state index contributed by atoms with van der Waals surface area (Å²) in [5.41, 5.74) is 4.30. The highest BCUT2D eigenvalue weighted by Crippen LogP contribution is 2.27. The van der Waals surface area contributed by atoms with Crippen LogP contribution in [0.4, 0.5) is 5.82 Å². The summed E-state index contributed by atoms with van der Waals surface area (Å²) in [6.07, 6.45) is 1.45. The minimum Gasteiger partial charge on any atom is -0.494 e. The van der Waals surface area contributed by atoms with E-state index in [1.807, 2.05) is 25.1 Å². The normalized spacial score (nSPS) is 10.8. The molecule has 0 radical (unpaired) electrons. The molecule has 8 heteroatoms. The molecule has 0 atom stereocenters. The molecule has 4 N–H and O–H groups in total. The van der Waals surface area contributed by atoms with Crippen molar-refractivity contribution in [1.82, 2.24) is 19.9 Å². The molecule has 0 saturated heterocycles. The summed E-state index contributed by atoms with van der Waals surface area (Å²) < 4.78 is 5.47. The number of H-pyrrole nitrogens is 1. The first-order chi connectivity index (χ1) is 10.3. The minimum atomic E-state index is 0.558. The van der Waals surface area contributed by atoms with Gasteiger partial charge in [0.2, 0.25) is 0 Å². The number of ether oxygens (including phenoxy) is 1. The molecule has 3 aromatic rings. The van der Waals surface area contributed by atoms with Crippen molar-refractivity contribution < 1.29 is 4.74 Å². The van der Waals surface area contributed by atoms with Gasteiger partial charge in [0.05, 0.1) is 17.6 Å². The lowest BCUT2D eigenvalue weighted by Crippen LogP contribution is -2.08. The number of aromatic nitrogens is 4. The Morgan fingerprint density at radius 1 is 1.33 bits per heavy atom. The zero-order valence-electron chi connectivity index (χ0n) is 11.3. The number of imidazole rings is 1. The Hall–Kier alpha value is -2.32. The van der Waals surface area contributed by atoms with Gasteiger partial charge >= 0.3 is 0 Å². The number of nitrogens with two attached hydrogens (primary N) is 1. The fraction of sp³-hybridized carbons (Fsp3) is 0.154. The van der Waals surface area contributed by atoms with E-state index in [9.17, 15) is 0 Å². The van der Waals surface area contributed by atoms with Crippen molar-refractivity contribution in [2.45, 2.75) is 17.1 Å². The Balaban J connectivity index is 1.86. The fourth-order valence-electron chi connectivity index (χ4n) is 1.84. The van der Waals surface area contributed by atoms with E-state index in [2.05, 4.69) is 25.4 Å². The van der Waals surface area contributed by atoms with Gasteiger partial charge in [0.1, 0.15) is 22.9 Å². The van der Waals surface area contributed by atoms with E-state index >= 15 is 0 Å². The summed E-state index contributed by atoms with van der Waals surface area (Å²) in [6.45, 7) is 2.59. The Kier molecular flexibility index (Phi) is 3.89. The van der Waals surface area contributed by atoms with Gasteiger partial charge in [0.15, 0.2) is 5.16 Å². The van der Waals surface area contributed by atoms with Crippen LogP contribution >= 0.6 is 11.8 Å². The highest BCUT2D eigenvalue weighted by molar-refractivity contribution is 7.99. The van der Waals surface area contributed by atoms with Gasteiger partial charge in [-0.1, -0.05) is 0 Å². The quantitative estimate of drug-likeness (QED) is 0.377. The molecule has 7 nitrogen and oxygen atoms in total. The van der Waals surface area contributed by atoms with Gasteiger partial charge in [-0.15, -0.1) is 0 Å². The fourth-order valence-corrected chi connectivity index (χ4v) is 2.62. The number of hydrazine groups is 1. The van der Waals surface area contributed by atoms with Gasteiger partial charge in [-0.05, 0) is 30.8 Å². The Morgan fingerprint density at radius 2 is 2.24 bits per heavy atom. The van der Waals surface area contributed by atoms with Crippen molar-refractivity contribution in [2.24, 2.45) is 5.84 Å². The maximum Gasteiger partial charge on any atom is 0.172 e. The van der Waals surface area contributed by atoms with Crippen molar-refractivity contribution >= 4 is 28.6 Å². The van der Waals surface area contributed by atoms with Gasteiger partial charge < -0.3 is 15.1 Å². The SMILES string of the molecule is CCOc1ccc2nc(Sc3cc(NN)ncn3)[nH]c2c1. The third-order valence-electron chi connectivity index (χ3n) is 2.73. The van der Waals surface area contributed by atoms with Gasteiger partial charge in [0.25, 0.3) is 0 Å². The number of benzene rings is 1. The van der Waals surface area contributed by atoms with Crippen molar-refractivity contribution in [3.63, 3.8) is 0 Å². The summed E-state index contributed by atoms with van der Waals surface area (Å²) in [5, 5.41) is 1.50. The monoisotopic (exact) mass is 302 g/mol. The van der Waals surface area contributed by atoms with E-state index in [0.717, 1.165) is 27.0 Å². The molecular formula is C13H14N6OS. The highest BCUT2D eigenvalue weighted by atomic mass is 32.2. The Morgan fingerprint density at radius 3 is 3.05 bits per heavy atom. The van der Waals surface area contributed by atoms with Crippen LogP contribution in [0, 0.1) is 0 Å². The van der Waals surface area contributed by atoms with Crippen LogP contribution in [-0.4, -0.2) is 26.5 Å². The first kappa shape index (κ1) is 13.7. The van der Waals surface area contributed by atoms with Crippen LogP contribution in [0.15, 0.2) is 40.8 Å². The number of rotatable bonds is 5. The third-order valence-corrected chi connectivity index (χ3v) is 3.55. The average Bonchev–Trinajstić information content (AvgIpc) is 2.89. The molecule has 0 aliphatic carbocycles. The maximum atomic E-state index is 5.47. The van der Waals surface area contributed by atoms with Crippen molar-refractivity contribution in [2.75, 3.05) is 12.0 Å². The summed E-state index contributed by atoms with van der Waals surface area (Å²) in [4.78, 5) is 15.9. The largest absolute Gasteiger partial charge is 0.494 e. The molecule has 0 amide bonds. The van der Waals surface area contributed by atoms with Crippen LogP contribution in [0.1, 0.15) is 6.92 Å². The molecule has 0 bridgehead atoms. The lowest BCUT2D eigenvalue weighted by Gasteiger charge is -2.01. The molecule has 1 aromatic carbocycles. The van der Waals surface area contributed by atoms with Crippen LogP contribution < -0.4 is 16.0 Å². The molecule has 0 fully saturated rings. The van der Waals surface area contributed by atoms with E-state index in [1.165, 1.54) is 18.1 Å². The second kappa shape index (κ2) is 5.98. The number of anilines is 1. The molecule has 0 unspecified atom stereocenters. The van der Waals surface area contributed by atoms with E-state index in [0.29, 0.717) is 12.4 Å². The first-order valence-corrected chi connectivity index (χ1v) is 7.19. The highest BCUT2D eigenvalue weighted by Gasteiger charge is 2.07. The van der Waals surface area contributed by atoms with E-state index in [4.69, 9.17) is 10.6 Å². The van der Waals surface area contributed by atoms with Crippen molar-refractivity contribution in [3.05, 3.63) is 30.6 Å². The number of nitrogens with one attached hydrogen (secondary N) is 2. The standard InChI is InChI=1S/C13H14N6OS/c1-2-20-8-3-4-9-10(5-8)18-13(17-9)21-12-6-11(19-14)15-7-16-12/h3-7H,2,14H2,1H3,(H,17,18)(H,15,16,19). The zero-order chi connectivity index (χ0) is 14.7. The Labute approximate surface area is 125 Å². The molecule has 0 saturated carbocycles. The van der Waals surface area contributed by atoms with Crippen LogP contribution in [-0.2, 0) is 0 Å². The number of nitrogen functional groups attached to an aromatic ring is 1. The van der Waals surface area contributed by atoms with Gasteiger partial charge in [-0.3, -0.25) is 0 Å². The summed E-state index contributed by atoms with van der Waals surface area (Å²) in [7, 11) is 0. The second-order valence-electron chi connectivity index (χ2n) is 4.14. The van der Waals surface area contributed by atoms with Crippen molar-refractivity contribution in [3.8, 4) is 5.75 Å². The predicted molar refractivity (Wildman–Crippen MR) is 81.2 cm³/mol. The zero-order valence-corrected chi connectivity index (χ0v) is 12.1. The van der Waals surface area contributed by atoms with Crippen LogP contribution in [0.2, 0.25) is 0 Å². The third kappa shape index (κ3) is 3.06. The van der Waals surface area contributed by atoms with Crippen LogP contribution in [0.3, 0.4) is 0 Å². The second-order valence-corrected chi connectivity index (χ2v) is 5.15. The molecule has 2 aromatic heterocycles. The van der Waals surface area contributed by atoms with E-state index < -0.39 is 0 Å². The molecule has 3 rings (SSSR count). The van der Waals surface area contributed by atoms with Gasteiger partial charge in [-0.25, -0.2) is 20.8 Å². The summed E-state index contributed by atoms with van der Waals surface area (Å²) in [5.74, 6) is 6.71. The average molecular weight is 302 g/mol. The predicted octanol–water partition coefficient (Wildman–Crippen LogP) is 2.19. The topological polar surface area (TPSA) is 102 Å². The number of hydrogen-bond donors (Lipinski definition) is 3. The van der Waals surface area contributed by atoms with Crippen molar-refractivity contribution in [1.29, 1.82) is 0 Å². The molecular weight excluding hydrogens is 288 g/mol. The lowest BCUT2D eigenvalue weighted by atomic mass is 10.3. The van der Waals surface area contributed by atoms with E-state index in [1.54, 1.807) is 6.07 Å². The maximum absolute atomic E-state index is 5.47. The molecule has 21 heavy (non-hydrogen) atoms. The van der Waals surface area contributed by atoms with Gasteiger partial charge in [0, 0.05) is 12.1 Å².